The van der Waals surface area contributed by atoms with Crippen molar-refractivity contribution in [2.24, 2.45) is 0 Å². The molecule has 30 heavy (non-hydrogen) atoms. The van der Waals surface area contributed by atoms with Crippen molar-refractivity contribution in [2.75, 3.05) is 11.3 Å². The molecule has 0 aliphatic heterocycles. The predicted molar refractivity (Wildman–Crippen MR) is 111 cm³/mol. The Morgan fingerprint density at radius 3 is 2.40 bits per heavy atom. The number of anilines is 1. The summed E-state index contributed by atoms with van der Waals surface area (Å²) in [4.78, 5) is 35.2. The summed E-state index contributed by atoms with van der Waals surface area (Å²) in [6, 6.07) is 11.2. The zero-order valence-corrected chi connectivity index (χ0v) is 17.6. The second kappa shape index (κ2) is 9.88. The van der Waals surface area contributed by atoms with Crippen LogP contribution in [0.5, 0.6) is 0 Å². The second-order valence-electron chi connectivity index (χ2n) is 6.76. The molecule has 0 atom stereocenters. The van der Waals surface area contributed by atoms with Crippen LogP contribution in [0.1, 0.15) is 29.8 Å². The molecule has 10 heteroatoms. The van der Waals surface area contributed by atoms with Gasteiger partial charge < -0.3 is 10.1 Å². The summed E-state index contributed by atoms with van der Waals surface area (Å²) in [6.07, 6.45) is 0. The molecule has 0 unspecified atom stereocenters. The Balaban J connectivity index is 2.02. The molecule has 3 N–H and O–H groups in total. The number of carbonyl (C=O) groups is 3. The average Bonchev–Trinajstić information content (AvgIpc) is 2.65. The minimum absolute atomic E-state index is 0.0541. The first kappa shape index (κ1) is 22.9. The molecule has 2 aromatic rings. The van der Waals surface area contributed by atoms with Crippen LogP contribution < -0.4 is 15.4 Å². The van der Waals surface area contributed by atoms with Crippen molar-refractivity contribution in [3.05, 3.63) is 59.7 Å². The molecule has 0 aliphatic rings. The van der Waals surface area contributed by atoms with Gasteiger partial charge in [0.05, 0.1) is 10.5 Å². The van der Waals surface area contributed by atoms with Crippen LogP contribution in [0.15, 0.2) is 53.4 Å². The number of sulfonamides is 1. The molecule has 0 saturated heterocycles. The number of hydrogen-bond donors (Lipinski definition) is 3. The van der Waals surface area contributed by atoms with E-state index < -0.39 is 34.5 Å². The van der Waals surface area contributed by atoms with Crippen LogP contribution in [0.2, 0.25) is 0 Å². The summed E-state index contributed by atoms with van der Waals surface area (Å²) >= 11 is 0. The summed E-state index contributed by atoms with van der Waals surface area (Å²) in [6.45, 7) is 4.58. The molecule has 0 heterocycles. The maximum Gasteiger partial charge on any atom is 0.338 e. The van der Waals surface area contributed by atoms with Gasteiger partial charge in [-0.25, -0.2) is 18.0 Å². The fourth-order valence-corrected chi connectivity index (χ4v) is 3.48. The van der Waals surface area contributed by atoms with E-state index in [4.69, 9.17) is 4.74 Å². The molecule has 0 bridgehead atoms. The number of nitrogens with one attached hydrogen (secondary N) is 3. The molecule has 0 fully saturated rings. The third-order valence-electron chi connectivity index (χ3n) is 3.66. The number of aryl methyl sites for hydroxylation is 1. The van der Waals surface area contributed by atoms with Gasteiger partial charge in [-0.05, 0) is 56.7 Å². The van der Waals surface area contributed by atoms with Gasteiger partial charge in [0.2, 0.25) is 0 Å². The fraction of sp³-hybridized carbons (Fsp3) is 0.250. The van der Waals surface area contributed by atoms with Gasteiger partial charge in [0.25, 0.3) is 15.9 Å². The van der Waals surface area contributed by atoms with Gasteiger partial charge in [0.15, 0.2) is 6.61 Å². The van der Waals surface area contributed by atoms with Crippen LogP contribution in [0.25, 0.3) is 0 Å². The molecule has 0 radical (unpaired) electrons. The third-order valence-corrected chi connectivity index (χ3v) is 5.04. The first-order valence-electron chi connectivity index (χ1n) is 9.04. The molecule has 160 valence electrons. The minimum Gasteiger partial charge on any atom is -0.452 e. The molecule has 0 aliphatic carbocycles. The number of esters is 1. The quantitative estimate of drug-likeness (QED) is 0.574. The van der Waals surface area contributed by atoms with Crippen molar-refractivity contribution >= 4 is 33.6 Å². The molecule has 2 rings (SSSR count). The van der Waals surface area contributed by atoms with Crippen molar-refractivity contribution < 1.29 is 27.5 Å². The highest BCUT2D eigenvalue weighted by Gasteiger charge is 2.18. The second-order valence-corrected chi connectivity index (χ2v) is 8.44. The highest BCUT2D eigenvalue weighted by molar-refractivity contribution is 7.92. The Hall–Kier alpha value is -3.40. The van der Waals surface area contributed by atoms with E-state index in [-0.39, 0.29) is 16.5 Å². The van der Waals surface area contributed by atoms with Crippen molar-refractivity contribution in [3.63, 3.8) is 0 Å². The molecular weight excluding hydrogens is 410 g/mol. The van der Waals surface area contributed by atoms with Crippen LogP contribution in [0.3, 0.4) is 0 Å². The number of ether oxygens (including phenoxy) is 1. The number of rotatable bonds is 7. The molecular formula is C20H23N3O6S. The minimum atomic E-state index is -3.93. The Kier molecular flexibility index (Phi) is 7.54. The normalized spacial score (nSPS) is 10.9. The highest BCUT2D eigenvalue weighted by atomic mass is 32.2. The average molecular weight is 433 g/mol. The first-order chi connectivity index (χ1) is 14.1. The SMILES string of the molecule is Cc1cccc(NS(=O)(=O)c2cccc(C(=O)OCC(=O)NC(=O)NC(C)C)c2)c1. The number of amides is 3. The number of urea groups is 1. The lowest BCUT2D eigenvalue weighted by Crippen LogP contribution is -2.44. The van der Waals surface area contributed by atoms with E-state index in [0.717, 1.165) is 11.6 Å². The van der Waals surface area contributed by atoms with E-state index in [1.165, 1.54) is 18.2 Å². The van der Waals surface area contributed by atoms with Crippen molar-refractivity contribution in [1.29, 1.82) is 0 Å². The topological polar surface area (TPSA) is 131 Å². The van der Waals surface area contributed by atoms with Crippen molar-refractivity contribution in [1.82, 2.24) is 10.6 Å². The zero-order valence-electron chi connectivity index (χ0n) is 16.8. The van der Waals surface area contributed by atoms with E-state index in [1.807, 2.05) is 18.3 Å². The van der Waals surface area contributed by atoms with E-state index in [2.05, 4.69) is 10.0 Å². The Bertz CT molecular complexity index is 1050. The number of carbonyl (C=O) groups excluding carboxylic acids is 3. The molecule has 0 spiro atoms. The number of benzene rings is 2. The molecule has 9 nitrogen and oxygen atoms in total. The summed E-state index contributed by atoms with van der Waals surface area (Å²) in [5, 5.41) is 4.47. The van der Waals surface area contributed by atoms with Crippen LogP contribution in [-0.2, 0) is 19.6 Å². The lowest BCUT2D eigenvalue weighted by Gasteiger charge is -2.11. The summed E-state index contributed by atoms with van der Waals surface area (Å²) < 4.78 is 32.5. The zero-order chi connectivity index (χ0) is 22.3. The van der Waals surface area contributed by atoms with Gasteiger partial charge >= 0.3 is 12.0 Å². The molecule has 2 aromatic carbocycles. The number of hydrogen-bond acceptors (Lipinski definition) is 6. The van der Waals surface area contributed by atoms with E-state index >= 15 is 0 Å². The van der Waals surface area contributed by atoms with Gasteiger partial charge in [0.1, 0.15) is 0 Å². The van der Waals surface area contributed by atoms with Gasteiger partial charge in [-0.2, -0.15) is 0 Å². The highest BCUT2D eigenvalue weighted by Crippen LogP contribution is 2.18. The molecule has 0 aromatic heterocycles. The van der Waals surface area contributed by atoms with Gasteiger partial charge in [-0.3, -0.25) is 14.8 Å². The third kappa shape index (κ3) is 6.89. The predicted octanol–water partition coefficient (Wildman–Crippen LogP) is 2.19. The Labute approximate surface area is 174 Å². The van der Waals surface area contributed by atoms with Gasteiger partial charge in [0, 0.05) is 11.7 Å². The van der Waals surface area contributed by atoms with Crippen LogP contribution in [-0.4, -0.2) is 39.0 Å². The summed E-state index contributed by atoms with van der Waals surface area (Å²) in [5.41, 5.74) is 1.22. The summed E-state index contributed by atoms with van der Waals surface area (Å²) in [7, 11) is -3.93. The molecule has 3 amide bonds. The van der Waals surface area contributed by atoms with Gasteiger partial charge in [-0.15, -0.1) is 0 Å². The fourth-order valence-electron chi connectivity index (χ4n) is 2.39. The van der Waals surface area contributed by atoms with E-state index in [1.54, 1.807) is 32.0 Å². The van der Waals surface area contributed by atoms with E-state index in [0.29, 0.717) is 5.69 Å². The Morgan fingerprint density at radius 1 is 1.03 bits per heavy atom. The van der Waals surface area contributed by atoms with Crippen LogP contribution >= 0.6 is 0 Å². The van der Waals surface area contributed by atoms with Crippen molar-refractivity contribution in [3.8, 4) is 0 Å². The smallest absolute Gasteiger partial charge is 0.338 e. The largest absolute Gasteiger partial charge is 0.452 e. The van der Waals surface area contributed by atoms with E-state index in [9.17, 15) is 22.8 Å². The maximum absolute atomic E-state index is 12.6. The van der Waals surface area contributed by atoms with Crippen molar-refractivity contribution in [2.45, 2.75) is 31.7 Å². The molecule has 0 saturated carbocycles. The standard InChI is InChI=1S/C20H23N3O6S/c1-13(2)21-20(26)22-18(24)12-29-19(25)15-7-5-9-17(11-15)30(27,28)23-16-8-4-6-14(3)10-16/h4-11,13,23H,12H2,1-3H3,(H2,21,22,24,26). The Morgan fingerprint density at radius 2 is 1.73 bits per heavy atom. The number of imide groups is 1. The summed E-state index contributed by atoms with van der Waals surface area (Å²) in [5.74, 6) is -1.71. The lowest BCUT2D eigenvalue weighted by molar-refractivity contribution is -0.123. The first-order valence-corrected chi connectivity index (χ1v) is 10.5. The van der Waals surface area contributed by atoms with Crippen LogP contribution in [0.4, 0.5) is 10.5 Å². The van der Waals surface area contributed by atoms with Gasteiger partial charge in [-0.1, -0.05) is 18.2 Å². The maximum atomic E-state index is 12.6. The monoisotopic (exact) mass is 433 g/mol. The lowest BCUT2D eigenvalue weighted by atomic mass is 10.2. The van der Waals surface area contributed by atoms with Crippen LogP contribution in [0, 0.1) is 6.92 Å².